The summed E-state index contributed by atoms with van der Waals surface area (Å²) in [7, 11) is 0. The molecule has 0 saturated carbocycles. The number of ether oxygens (including phenoxy) is 1. The Morgan fingerprint density at radius 1 is 1.00 bits per heavy atom. The highest BCUT2D eigenvalue weighted by atomic mass is 16.5. The molecule has 0 saturated heterocycles. The van der Waals surface area contributed by atoms with E-state index in [0.29, 0.717) is 12.1 Å². The quantitative estimate of drug-likeness (QED) is 0.685. The maximum absolute atomic E-state index is 12.1. The molecule has 122 valence electrons. The van der Waals surface area contributed by atoms with E-state index in [1.807, 2.05) is 54.6 Å². The first-order chi connectivity index (χ1) is 11.7. The first-order valence-electron chi connectivity index (χ1n) is 7.78. The fourth-order valence-corrected chi connectivity index (χ4v) is 2.49. The summed E-state index contributed by atoms with van der Waals surface area (Å²) in [5.74, 6) is -0.815. The molecule has 2 N–H and O–H groups in total. The van der Waals surface area contributed by atoms with Crippen LogP contribution in [0.1, 0.15) is 15.9 Å². The Labute approximate surface area is 139 Å². The summed E-state index contributed by atoms with van der Waals surface area (Å²) in [5.41, 5.74) is 2.44. The van der Waals surface area contributed by atoms with Gasteiger partial charge in [0.05, 0.1) is 5.56 Å². The first kappa shape index (κ1) is 15.8. The van der Waals surface area contributed by atoms with Gasteiger partial charge in [0.25, 0.3) is 5.91 Å². The normalized spacial score (nSPS) is 10.5. The predicted octanol–water partition coefficient (Wildman–Crippen LogP) is 2.68. The molecule has 3 rings (SSSR count). The Hall–Kier alpha value is -3.08. The molecular weight excluding hydrogens is 304 g/mol. The van der Waals surface area contributed by atoms with Crippen molar-refractivity contribution < 1.29 is 14.3 Å². The van der Waals surface area contributed by atoms with E-state index in [0.717, 1.165) is 22.9 Å². The fraction of sp³-hybridized carbons (Fsp3) is 0.158. The zero-order valence-electron chi connectivity index (χ0n) is 13.1. The third kappa shape index (κ3) is 3.81. The molecule has 0 aliphatic carbocycles. The molecule has 5 nitrogen and oxygen atoms in total. The van der Waals surface area contributed by atoms with Crippen molar-refractivity contribution in [3.63, 3.8) is 0 Å². The molecule has 0 bridgehead atoms. The largest absolute Gasteiger partial charge is 0.452 e. The third-order valence-corrected chi connectivity index (χ3v) is 3.72. The number of nitrogens with one attached hydrogen (secondary N) is 2. The number of amides is 1. The van der Waals surface area contributed by atoms with Crippen LogP contribution in [0.2, 0.25) is 0 Å². The molecule has 0 aliphatic heterocycles. The van der Waals surface area contributed by atoms with Crippen molar-refractivity contribution >= 4 is 22.8 Å². The highest BCUT2D eigenvalue weighted by molar-refractivity contribution is 6.04. The van der Waals surface area contributed by atoms with Crippen LogP contribution in [0.3, 0.4) is 0 Å². The summed E-state index contributed by atoms with van der Waals surface area (Å²) >= 11 is 0. The standard InChI is InChI=1S/C19H18N2O3/c22-18(20-11-10-14-6-2-1-3-7-14)13-24-19(23)16-12-21-17-9-5-4-8-15(16)17/h1-9,12,21H,10-11,13H2,(H,20,22). The van der Waals surface area contributed by atoms with Crippen molar-refractivity contribution in [1.29, 1.82) is 0 Å². The maximum atomic E-state index is 12.1. The molecule has 0 fully saturated rings. The molecule has 1 amide bonds. The van der Waals surface area contributed by atoms with Crippen LogP contribution in [-0.4, -0.2) is 30.0 Å². The van der Waals surface area contributed by atoms with Gasteiger partial charge in [-0.3, -0.25) is 4.79 Å². The van der Waals surface area contributed by atoms with E-state index in [1.54, 1.807) is 6.20 Å². The lowest BCUT2D eigenvalue weighted by molar-refractivity contribution is -0.124. The molecule has 1 aromatic heterocycles. The summed E-state index contributed by atoms with van der Waals surface area (Å²) in [4.78, 5) is 26.9. The minimum atomic E-state index is -0.509. The van der Waals surface area contributed by atoms with Gasteiger partial charge in [0, 0.05) is 23.6 Å². The molecule has 1 heterocycles. The Kier molecular flexibility index (Phi) is 4.91. The van der Waals surface area contributed by atoms with Gasteiger partial charge in [-0.15, -0.1) is 0 Å². The average molecular weight is 322 g/mol. The lowest BCUT2D eigenvalue weighted by Crippen LogP contribution is -2.30. The van der Waals surface area contributed by atoms with Gasteiger partial charge < -0.3 is 15.0 Å². The molecule has 3 aromatic rings. The van der Waals surface area contributed by atoms with Gasteiger partial charge >= 0.3 is 5.97 Å². The van der Waals surface area contributed by atoms with E-state index in [4.69, 9.17) is 4.74 Å². The molecule has 0 unspecified atom stereocenters. The molecule has 2 aromatic carbocycles. The highest BCUT2D eigenvalue weighted by Gasteiger charge is 2.14. The van der Waals surface area contributed by atoms with Crippen molar-refractivity contribution in [1.82, 2.24) is 10.3 Å². The highest BCUT2D eigenvalue weighted by Crippen LogP contribution is 2.18. The number of aromatic nitrogens is 1. The van der Waals surface area contributed by atoms with Gasteiger partial charge in [-0.25, -0.2) is 4.79 Å². The molecule has 5 heteroatoms. The monoisotopic (exact) mass is 322 g/mol. The van der Waals surface area contributed by atoms with Gasteiger partial charge in [-0.2, -0.15) is 0 Å². The van der Waals surface area contributed by atoms with Gasteiger partial charge in [0.15, 0.2) is 6.61 Å². The molecule has 0 aliphatic rings. The summed E-state index contributed by atoms with van der Waals surface area (Å²) in [6.07, 6.45) is 2.34. The van der Waals surface area contributed by atoms with Crippen molar-refractivity contribution in [3.05, 3.63) is 71.9 Å². The van der Waals surface area contributed by atoms with E-state index in [9.17, 15) is 9.59 Å². The Bertz CT molecular complexity index is 840. The number of para-hydroxylation sites is 1. The van der Waals surface area contributed by atoms with Crippen LogP contribution in [-0.2, 0) is 16.0 Å². The molecule has 0 atom stereocenters. The van der Waals surface area contributed by atoms with Crippen molar-refractivity contribution in [2.75, 3.05) is 13.2 Å². The van der Waals surface area contributed by atoms with Crippen LogP contribution in [0.15, 0.2) is 60.8 Å². The predicted molar refractivity (Wildman–Crippen MR) is 91.7 cm³/mol. The van der Waals surface area contributed by atoms with Crippen LogP contribution >= 0.6 is 0 Å². The molecule has 24 heavy (non-hydrogen) atoms. The van der Waals surface area contributed by atoms with E-state index in [2.05, 4.69) is 10.3 Å². The van der Waals surface area contributed by atoms with E-state index < -0.39 is 5.97 Å². The minimum absolute atomic E-state index is 0.285. The smallest absolute Gasteiger partial charge is 0.340 e. The fourth-order valence-electron chi connectivity index (χ4n) is 2.49. The number of esters is 1. The SMILES string of the molecule is O=C(COC(=O)c1c[nH]c2ccccc12)NCCc1ccccc1. The van der Waals surface area contributed by atoms with Crippen molar-refractivity contribution in [2.24, 2.45) is 0 Å². The number of fused-ring (bicyclic) bond motifs is 1. The second-order valence-electron chi connectivity index (χ2n) is 5.41. The van der Waals surface area contributed by atoms with Gasteiger partial charge in [-0.05, 0) is 18.1 Å². The molecule has 0 spiro atoms. The topological polar surface area (TPSA) is 71.2 Å². The second kappa shape index (κ2) is 7.46. The van der Waals surface area contributed by atoms with Crippen LogP contribution in [0.5, 0.6) is 0 Å². The number of carbonyl (C=O) groups is 2. The van der Waals surface area contributed by atoms with Crippen LogP contribution in [0, 0.1) is 0 Å². The number of aromatic amines is 1. The van der Waals surface area contributed by atoms with Crippen LogP contribution in [0.25, 0.3) is 10.9 Å². The van der Waals surface area contributed by atoms with Crippen molar-refractivity contribution in [3.8, 4) is 0 Å². The summed E-state index contributed by atoms with van der Waals surface area (Å²) in [6, 6.07) is 17.3. The lowest BCUT2D eigenvalue weighted by Gasteiger charge is -2.06. The number of hydrogen-bond acceptors (Lipinski definition) is 3. The Morgan fingerprint density at radius 3 is 2.58 bits per heavy atom. The van der Waals surface area contributed by atoms with Crippen molar-refractivity contribution in [2.45, 2.75) is 6.42 Å². The zero-order chi connectivity index (χ0) is 16.8. The summed E-state index contributed by atoms with van der Waals surface area (Å²) in [6.45, 7) is 0.223. The third-order valence-electron chi connectivity index (χ3n) is 3.72. The van der Waals surface area contributed by atoms with Gasteiger partial charge in [0.1, 0.15) is 0 Å². The number of benzene rings is 2. The van der Waals surface area contributed by atoms with Crippen LogP contribution in [0.4, 0.5) is 0 Å². The van der Waals surface area contributed by atoms with E-state index >= 15 is 0 Å². The van der Waals surface area contributed by atoms with E-state index in [1.165, 1.54) is 0 Å². The maximum Gasteiger partial charge on any atom is 0.340 e. The average Bonchev–Trinajstić information content (AvgIpc) is 3.05. The number of H-pyrrole nitrogens is 1. The van der Waals surface area contributed by atoms with Crippen LogP contribution < -0.4 is 5.32 Å². The number of carbonyl (C=O) groups excluding carboxylic acids is 2. The molecular formula is C19H18N2O3. The van der Waals surface area contributed by atoms with E-state index in [-0.39, 0.29) is 12.5 Å². The summed E-state index contributed by atoms with van der Waals surface area (Å²) < 4.78 is 5.09. The summed E-state index contributed by atoms with van der Waals surface area (Å²) in [5, 5.41) is 3.53. The Balaban J connectivity index is 1.46. The Morgan fingerprint density at radius 2 is 1.75 bits per heavy atom. The second-order valence-corrected chi connectivity index (χ2v) is 5.41. The number of rotatable bonds is 6. The zero-order valence-corrected chi connectivity index (χ0v) is 13.1. The van der Waals surface area contributed by atoms with Gasteiger partial charge in [-0.1, -0.05) is 48.5 Å². The minimum Gasteiger partial charge on any atom is -0.452 e. The van der Waals surface area contributed by atoms with Gasteiger partial charge in [0.2, 0.25) is 0 Å². The number of hydrogen-bond donors (Lipinski definition) is 2. The molecule has 0 radical (unpaired) electrons. The first-order valence-corrected chi connectivity index (χ1v) is 7.78. The lowest BCUT2D eigenvalue weighted by atomic mass is 10.1.